The predicted molar refractivity (Wildman–Crippen MR) is 129 cm³/mol. The molecule has 4 heteroatoms. The van der Waals surface area contributed by atoms with Crippen molar-refractivity contribution in [2.75, 3.05) is 0 Å². The number of rotatable bonds is 3. The second-order valence-electron chi connectivity index (χ2n) is 7.16. The fourth-order valence-corrected chi connectivity index (χ4v) is 4.88. The number of halogens is 4. The molecule has 0 saturated carbocycles. The largest absolute Gasteiger partial charge is 0.207 e. The van der Waals surface area contributed by atoms with Crippen molar-refractivity contribution in [3.8, 4) is 0 Å². The molecule has 0 N–H and O–H groups in total. The highest BCUT2D eigenvalue weighted by molar-refractivity contribution is 9.11. The van der Waals surface area contributed by atoms with Gasteiger partial charge in [0.05, 0.1) is 5.41 Å². The molecular formula is C25H17Br3F. The summed E-state index contributed by atoms with van der Waals surface area (Å²) in [6.45, 7) is 4.68. The third-order valence-electron chi connectivity index (χ3n) is 5.54. The van der Waals surface area contributed by atoms with Crippen molar-refractivity contribution < 1.29 is 4.39 Å². The maximum absolute atomic E-state index is 14.9. The number of benzene rings is 3. The van der Waals surface area contributed by atoms with E-state index < -0.39 is 10.8 Å². The van der Waals surface area contributed by atoms with Crippen molar-refractivity contribution in [1.82, 2.24) is 0 Å². The van der Waals surface area contributed by atoms with E-state index in [4.69, 9.17) is 0 Å². The van der Waals surface area contributed by atoms with Crippen molar-refractivity contribution in [1.29, 1.82) is 0 Å². The summed E-state index contributed by atoms with van der Waals surface area (Å²) in [6.07, 6.45) is 5.11. The first-order valence-corrected chi connectivity index (χ1v) is 11.4. The molecule has 0 saturated heterocycles. The molecule has 1 aliphatic rings. The first-order chi connectivity index (χ1) is 13.8. The Kier molecular flexibility index (Phi) is 5.71. The van der Waals surface area contributed by atoms with E-state index in [1.54, 1.807) is 6.08 Å². The molecule has 1 radical (unpaired) electrons. The summed E-state index contributed by atoms with van der Waals surface area (Å²) in [6, 6.07) is 24.2. The van der Waals surface area contributed by atoms with Crippen molar-refractivity contribution in [3.05, 3.63) is 134 Å². The van der Waals surface area contributed by atoms with Crippen LogP contribution in [-0.2, 0) is 10.8 Å². The van der Waals surface area contributed by atoms with Gasteiger partial charge in [-0.1, -0.05) is 90.3 Å². The van der Waals surface area contributed by atoms with Crippen LogP contribution in [0.2, 0.25) is 0 Å². The highest BCUT2D eigenvalue weighted by atomic mass is 79.9. The molecule has 0 aliphatic heterocycles. The Morgan fingerprint density at radius 2 is 1.00 bits per heavy atom. The van der Waals surface area contributed by atoms with Gasteiger partial charge in [0, 0.05) is 18.8 Å². The number of hydrogen-bond acceptors (Lipinski definition) is 0. The van der Waals surface area contributed by atoms with Crippen LogP contribution in [0.1, 0.15) is 16.7 Å². The van der Waals surface area contributed by atoms with Gasteiger partial charge in [-0.15, -0.1) is 0 Å². The maximum atomic E-state index is 14.9. The van der Waals surface area contributed by atoms with E-state index in [9.17, 15) is 4.39 Å². The Labute approximate surface area is 195 Å². The lowest BCUT2D eigenvalue weighted by molar-refractivity contribution is 0.437. The normalized spacial score (nSPS) is 20.4. The minimum absolute atomic E-state index is 0.271. The summed E-state index contributed by atoms with van der Waals surface area (Å²) < 4.78 is 17.8. The molecule has 3 aromatic rings. The summed E-state index contributed by atoms with van der Waals surface area (Å²) in [5, 5.41) is 0. The van der Waals surface area contributed by atoms with Crippen LogP contribution in [0.15, 0.2) is 110 Å². The minimum Gasteiger partial charge on any atom is -0.207 e. The molecule has 4 rings (SSSR count). The minimum atomic E-state index is -0.818. The zero-order chi connectivity index (χ0) is 20.6. The van der Waals surface area contributed by atoms with Crippen LogP contribution in [-0.4, -0.2) is 0 Å². The van der Waals surface area contributed by atoms with Crippen molar-refractivity contribution in [2.45, 2.75) is 10.8 Å². The van der Waals surface area contributed by atoms with Crippen LogP contribution in [0.5, 0.6) is 0 Å². The van der Waals surface area contributed by atoms with Crippen molar-refractivity contribution >= 4 is 47.8 Å². The lowest BCUT2D eigenvalue weighted by Gasteiger charge is -2.48. The quantitative estimate of drug-likeness (QED) is 0.294. The van der Waals surface area contributed by atoms with Crippen LogP contribution in [0, 0.1) is 6.92 Å². The Balaban J connectivity index is 2.07. The van der Waals surface area contributed by atoms with E-state index in [0.717, 1.165) is 30.1 Å². The smallest absolute Gasteiger partial charge is 0.120 e. The van der Waals surface area contributed by atoms with E-state index in [0.29, 0.717) is 0 Å². The van der Waals surface area contributed by atoms with Gasteiger partial charge in [0.25, 0.3) is 0 Å². The van der Waals surface area contributed by atoms with Gasteiger partial charge in [0.1, 0.15) is 5.83 Å². The van der Waals surface area contributed by atoms with E-state index in [2.05, 4.69) is 54.7 Å². The predicted octanol–water partition coefficient (Wildman–Crippen LogP) is 8.46. The van der Waals surface area contributed by atoms with Crippen LogP contribution in [0.4, 0.5) is 4.39 Å². The molecular weight excluding hydrogens is 559 g/mol. The average molecular weight is 576 g/mol. The van der Waals surface area contributed by atoms with Crippen LogP contribution in [0.3, 0.4) is 0 Å². The molecule has 0 spiro atoms. The second-order valence-corrected chi connectivity index (χ2v) is 9.91. The van der Waals surface area contributed by atoms with Crippen LogP contribution in [0.25, 0.3) is 0 Å². The maximum Gasteiger partial charge on any atom is 0.120 e. The molecule has 1 unspecified atom stereocenters. The lowest BCUT2D eigenvalue weighted by Crippen LogP contribution is -2.47. The highest BCUT2D eigenvalue weighted by Crippen LogP contribution is 2.53. The number of allylic oxidation sites excluding steroid dienone is 4. The van der Waals surface area contributed by atoms with Gasteiger partial charge in [-0.2, -0.15) is 0 Å². The zero-order valence-corrected chi connectivity index (χ0v) is 20.1. The molecule has 0 aromatic heterocycles. The Bertz CT molecular complexity index is 1030. The first-order valence-electron chi connectivity index (χ1n) is 9.06. The highest BCUT2D eigenvalue weighted by Gasteiger charge is 2.50. The molecule has 0 amide bonds. The van der Waals surface area contributed by atoms with E-state index in [1.165, 1.54) is 6.08 Å². The summed E-state index contributed by atoms with van der Waals surface area (Å²) in [4.78, 5) is 0. The topological polar surface area (TPSA) is 0 Å². The van der Waals surface area contributed by atoms with Crippen LogP contribution < -0.4 is 0 Å². The van der Waals surface area contributed by atoms with Crippen molar-refractivity contribution in [3.63, 3.8) is 0 Å². The second kappa shape index (κ2) is 7.98. The summed E-state index contributed by atoms with van der Waals surface area (Å²) in [7, 11) is 0. The van der Waals surface area contributed by atoms with Gasteiger partial charge in [-0.05, 0) is 72.2 Å². The fraction of sp³-hybridized carbons (Fsp3) is 0.0800. The third-order valence-corrected chi connectivity index (χ3v) is 7.13. The standard InChI is InChI=1S/C25H17Br3F/c1-24(17-2-8-20(26)9-3-17)15-14-23(29)16-25(24,18-4-10-21(27)11-5-18)19-6-12-22(28)13-7-19/h2-16H,1H2. The molecule has 0 heterocycles. The summed E-state index contributed by atoms with van der Waals surface area (Å²) >= 11 is 10.5. The zero-order valence-electron chi connectivity index (χ0n) is 15.4. The molecule has 29 heavy (non-hydrogen) atoms. The Morgan fingerprint density at radius 3 is 1.41 bits per heavy atom. The lowest BCUT2D eigenvalue weighted by atomic mass is 9.53. The molecule has 145 valence electrons. The van der Waals surface area contributed by atoms with Gasteiger partial charge < -0.3 is 0 Å². The SMILES string of the molecule is [CH2]C1(c2ccc(Br)cc2)C=CC(F)=CC1(c1ccc(Br)cc1)c1ccc(Br)cc1. The summed E-state index contributed by atoms with van der Waals surface area (Å²) in [5.74, 6) is -0.271. The van der Waals surface area contributed by atoms with Gasteiger partial charge in [0.2, 0.25) is 0 Å². The fourth-order valence-electron chi connectivity index (χ4n) is 4.08. The number of hydrogen-bond donors (Lipinski definition) is 0. The summed E-state index contributed by atoms with van der Waals surface area (Å²) in [5.41, 5.74) is 1.39. The molecule has 0 fully saturated rings. The third kappa shape index (κ3) is 3.60. The first kappa shape index (κ1) is 20.8. The van der Waals surface area contributed by atoms with E-state index in [1.807, 2.05) is 78.9 Å². The monoisotopic (exact) mass is 573 g/mol. The van der Waals surface area contributed by atoms with Gasteiger partial charge in [-0.3, -0.25) is 0 Å². The van der Waals surface area contributed by atoms with Crippen molar-refractivity contribution in [2.24, 2.45) is 0 Å². The van der Waals surface area contributed by atoms with E-state index in [-0.39, 0.29) is 5.83 Å². The molecule has 0 nitrogen and oxygen atoms in total. The Morgan fingerprint density at radius 1 is 0.621 bits per heavy atom. The van der Waals surface area contributed by atoms with Crippen LogP contribution >= 0.6 is 47.8 Å². The molecule has 3 aromatic carbocycles. The van der Waals surface area contributed by atoms with Gasteiger partial charge >= 0.3 is 0 Å². The van der Waals surface area contributed by atoms with E-state index >= 15 is 0 Å². The Hall–Kier alpha value is -1.49. The van der Waals surface area contributed by atoms with Gasteiger partial charge in [0.15, 0.2) is 0 Å². The molecule has 1 atom stereocenters. The van der Waals surface area contributed by atoms with Gasteiger partial charge in [-0.25, -0.2) is 4.39 Å². The average Bonchev–Trinajstić information content (AvgIpc) is 2.71. The molecule has 0 bridgehead atoms. The molecule has 1 aliphatic carbocycles.